The number of hydrogen-bond donors (Lipinski definition) is 1. The second-order valence-electron chi connectivity index (χ2n) is 6.16. The molecule has 0 aromatic carbocycles. The lowest BCUT2D eigenvalue weighted by atomic mass is 10.1. The Labute approximate surface area is 128 Å². The van der Waals surface area contributed by atoms with Gasteiger partial charge in [-0.2, -0.15) is 0 Å². The molecular formula is C16H29N3O2. The molecule has 2 aliphatic rings. The standard InChI is InChI=1S/C16H29N3O2/c1-4-12(5-2)19-15(20)10-14(16(19)21)17-11-13-8-7-9-18(13)6-3/h12-14,17H,4-11H2,1-3H3. The van der Waals surface area contributed by atoms with E-state index in [1.54, 1.807) is 0 Å². The van der Waals surface area contributed by atoms with Gasteiger partial charge in [0.1, 0.15) is 0 Å². The molecule has 120 valence electrons. The summed E-state index contributed by atoms with van der Waals surface area (Å²) in [6, 6.07) is 0.271. The maximum atomic E-state index is 12.5. The highest BCUT2D eigenvalue weighted by Crippen LogP contribution is 2.21. The Morgan fingerprint density at radius 3 is 2.57 bits per heavy atom. The van der Waals surface area contributed by atoms with Gasteiger partial charge in [-0.25, -0.2) is 0 Å². The molecule has 5 nitrogen and oxygen atoms in total. The molecule has 2 aliphatic heterocycles. The summed E-state index contributed by atoms with van der Waals surface area (Å²) in [4.78, 5) is 28.5. The van der Waals surface area contributed by atoms with Crippen LogP contribution in [0, 0.1) is 0 Å². The maximum Gasteiger partial charge on any atom is 0.247 e. The lowest BCUT2D eigenvalue weighted by Crippen LogP contribution is -2.46. The summed E-state index contributed by atoms with van der Waals surface area (Å²) in [6.07, 6.45) is 4.43. The summed E-state index contributed by atoms with van der Waals surface area (Å²) in [7, 11) is 0. The largest absolute Gasteiger partial charge is 0.304 e. The molecule has 0 aliphatic carbocycles. The molecular weight excluding hydrogens is 266 g/mol. The predicted octanol–water partition coefficient (Wildman–Crippen LogP) is 1.38. The molecule has 2 atom stereocenters. The molecule has 2 heterocycles. The van der Waals surface area contributed by atoms with Crippen LogP contribution in [0.3, 0.4) is 0 Å². The number of likely N-dealkylation sites (N-methyl/N-ethyl adjacent to an activating group) is 1. The normalized spacial score (nSPS) is 27.3. The van der Waals surface area contributed by atoms with Crippen molar-refractivity contribution < 1.29 is 9.59 Å². The van der Waals surface area contributed by atoms with Gasteiger partial charge in [-0.1, -0.05) is 20.8 Å². The quantitative estimate of drug-likeness (QED) is 0.721. The van der Waals surface area contributed by atoms with Gasteiger partial charge in [0.25, 0.3) is 0 Å². The number of nitrogens with zero attached hydrogens (tertiary/aromatic N) is 2. The van der Waals surface area contributed by atoms with Gasteiger partial charge < -0.3 is 5.32 Å². The third kappa shape index (κ3) is 3.46. The molecule has 0 radical (unpaired) electrons. The summed E-state index contributed by atoms with van der Waals surface area (Å²) < 4.78 is 0. The fourth-order valence-corrected chi connectivity index (χ4v) is 3.67. The van der Waals surface area contributed by atoms with Gasteiger partial charge in [0.05, 0.1) is 12.5 Å². The Morgan fingerprint density at radius 2 is 1.95 bits per heavy atom. The Morgan fingerprint density at radius 1 is 1.24 bits per heavy atom. The average molecular weight is 295 g/mol. The number of rotatable bonds is 7. The highest BCUT2D eigenvalue weighted by molar-refractivity contribution is 6.05. The van der Waals surface area contributed by atoms with Crippen LogP contribution in [0.15, 0.2) is 0 Å². The van der Waals surface area contributed by atoms with Gasteiger partial charge in [-0.3, -0.25) is 19.4 Å². The second kappa shape index (κ2) is 7.36. The third-order valence-corrected chi connectivity index (χ3v) is 5.00. The first-order valence-electron chi connectivity index (χ1n) is 8.45. The molecule has 2 saturated heterocycles. The topological polar surface area (TPSA) is 52.7 Å². The minimum atomic E-state index is -0.308. The number of imide groups is 1. The minimum Gasteiger partial charge on any atom is -0.304 e. The predicted molar refractivity (Wildman–Crippen MR) is 82.9 cm³/mol. The summed E-state index contributed by atoms with van der Waals surface area (Å²) in [5, 5.41) is 3.35. The average Bonchev–Trinajstić information content (AvgIpc) is 3.05. The molecule has 2 amide bonds. The number of carbonyl (C=O) groups excluding carboxylic acids is 2. The molecule has 1 N–H and O–H groups in total. The third-order valence-electron chi connectivity index (χ3n) is 5.00. The number of likely N-dealkylation sites (tertiary alicyclic amines) is 2. The van der Waals surface area contributed by atoms with Crippen LogP contribution < -0.4 is 5.32 Å². The Kier molecular flexibility index (Phi) is 5.76. The molecule has 0 aromatic rings. The van der Waals surface area contributed by atoms with Gasteiger partial charge in [0.2, 0.25) is 11.8 Å². The number of amides is 2. The van der Waals surface area contributed by atoms with Gasteiger partial charge in [-0.05, 0) is 38.8 Å². The number of hydrogen-bond acceptors (Lipinski definition) is 4. The summed E-state index contributed by atoms with van der Waals surface area (Å²) >= 11 is 0. The molecule has 5 heteroatoms. The summed E-state index contributed by atoms with van der Waals surface area (Å²) in [5.41, 5.74) is 0. The Balaban J connectivity index is 1.90. The molecule has 2 unspecified atom stereocenters. The highest BCUT2D eigenvalue weighted by Gasteiger charge is 2.41. The summed E-state index contributed by atoms with van der Waals surface area (Å²) in [6.45, 7) is 9.27. The molecule has 2 fully saturated rings. The lowest BCUT2D eigenvalue weighted by Gasteiger charge is -2.26. The van der Waals surface area contributed by atoms with Crippen molar-refractivity contribution in [3.63, 3.8) is 0 Å². The minimum absolute atomic E-state index is 0.00929. The van der Waals surface area contributed by atoms with Crippen molar-refractivity contribution in [3.05, 3.63) is 0 Å². The van der Waals surface area contributed by atoms with E-state index < -0.39 is 0 Å². The van der Waals surface area contributed by atoms with E-state index in [2.05, 4.69) is 17.1 Å². The van der Waals surface area contributed by atoms with Crippen LogP contribution in [-0.2, 0) is 9.59 Å². The van der Waals surface area contributed by atoms with Gasteiger partial charge in [-0.15, -0.1) is 0 Å². The van der Waals surface area contributed by atoms with Crippen molar-refractivity contribution >= 4 is 11.8 Å². The molecule has 21 heavy (non-hydrogen) atoms. The molecule has 0 bridgehead atoms. The van der Waals surface area contributed by atoms with Crippen molar-refractivity contribution in [3.8, 4) is 0 Å². The van der Waals surface area contributed by atoms with Gasteiger partial charge in [0, 0.05) is 18.6 Å². The Bertz CT molecular complexity index is 382. The molecule has 2 rings (SSSR count). The maximum absolute atomic E-state index is 12.5. The molecule has 0 aromatic heterocycles. The van der Waals surface area contributed by atoms with Crippen LogP contribution in [-0.4, -0.2) is 59.4 Å². The highest BCUT2D eigenvalue weighted by atomic mass is 16.2. The number of carbonyl (C=O) groups is 2. The van der Waals surface area contributed by atoms with Crippen molar-refractivity contribution in [1.82, 2.24) is 15.1 Å². The van der Waals surface area contributed by atoms with Crippen molar-refractivity contribution in [2.24, 2.45) is 0 Å². The molecule has 0 saturated carbocycles. The number of nitrogens with one attached hydrogen (secondary N) is 1. The Hall–Kier alpha value is -0.940. The van der Waals surface area contributed by atoms with Crippen molar-refractivity contribution in [1.29, 1.82) is 0 Å². The van der Waals surface area contributed by atoms with E-state index in [4.69, 9.17) is 0 Å². The lowest BCUT2D eigenvalue weighted by molar-refractivity contribution is -0.141. The smallest absolute Gasteiger partial charge is 0.247 e. The zero-order chi connectivity index (χ0) is 15.4. The van der Waals surface area contributed by atoms with E-state index in [0.29, 0.717) is 12.5 Å². The van der Waals surface area contributed by atoms with E-state index >= 15 is 0 Å². The molecule has 0 spiro atoms. The van der Waals surface area contributed by atoms with Crippen molar-refractivity contribution in [2.45, 2.75) is 71.0 Å². The van der Waals surface area contributed by atoms with Crippen LogP contribution >= 0.6 is 0 Å². The van der Waals surface area contributed by atoms with Gasteiger partial charge in [0.15, 0.2) is 0 Å². The van der Waals surface area contributed by atoms with Crippen LogP contribution in [0.4, 0.5) is 0 Å². The zero-order valence-electron chi connectivity index (χ0n) is 13.6. The first-order valence-corrected chi connectivity index (χ1v) is 8.45. The SMILES string of the molecule is CCC(CC)N1C(=O)CC(NCC2CCCN2CC)C1=O. The van der Waals surface area contributed by atoms with Gasteiger partial charge >= 0.3 is 0 Å². The first kappa shape index (κ1) is 16.4. The van der Waals surface area contributed by atoms with E-state index in [1.165, 1.54) is 17.7 Å². The summed E-state index contributed by atoms with van der Waals surface area (Å²) in [5.74, 6) is -0.0280. The fraction of sp³-hybridized carbons (Fsp3) is 0.875. The van der Waals surface area contributed by atoms with E-state index in [1.807, 2.05) is 13.8 Å². The van der Waals surface area contributed by atoms with Crippen LogP contribution in [0.2, 0.25) is 0 Å². The monoisotopic (exact) mass is 295 g/mol. The van der Waals surface area contributed by atoms with Crippen LogP contribution in [0.1, 0.15) is 52.9 Å². The van der Waals surface area contributed by atoms with E-state index in [-0.39, 0.29) is 23.9 Å². The first-order chi connectivity index (χ1) is 10.1. The fourth-order valence-electron chi connectivity index (χ4n) is 3.67. The van der Waals surface area contributed by atoms with E-state index in [0.717, 1.165) is 32.5 Å². The van der Waals surface area contributed by atoms with E-state index in [9.17, 15) is 9.59 Å². The van der Waals surface area contributed by atoms with Crippen LogP contribution in [0.25, 0.3) is 0 Å². The van der Waals surface area contributed by atoms with Crippen LogP contribution in [0.5, 0.6) is 0 Å². The van der Waals surface area contributed by atoms with Crippen molar-refractivity contribution in [2.75, 3.05) is 19.6 Å². The second-order valence-corrected chi connectivity index (χ2v) is 6.16. The zero-order valence-corrected chi connectivity index (χ0v) is 13.6.